The van der Waals surface area contributed by atoms with Gasteiger partial charge in [-0.1, -0.05) is 30.3 Å². The number of hydrogen-bond donors (Lipinski definition) is 1. The molecule has 5 nitrogen and oxygen atoms in total. The Balaban J connectivity index is 1.73. The first-order valence-corrected chi connectivity index (χ1v) is 8.80. The van der Waals surface area contributed by atoms with E-state index < -0.39 is 0 Å². The maximum absolute atomic E-state index is 12.7. The number of ether oxygens (including phenoxy) is 1. The van der Waals surface area contributed by atoms with E-state index in [1.807, 2.05) is 54.5 Å². The number of aromatic nitrogens is 1. The van der Waals surface area contributed by atoms with Crippen LogP contribution in [0.25, 0.3) is 0 Å². The molecule has 1 atom stereocenters. The smallest absolute Gasteiger partial charge is 0.410 e. The summed E-state index contributed by atoms with van der Waals surface area (Å²) in [5.74, 6) is 0.843. The van der Waals surface area contributed by atoms with Crippen molar-refractivity contribution in [2.45, 2.75) is 38.8 Å². The van der Waals surface area contributed by atoms with Gasteiger partial charge in [-0.3, -0.25) is 0 Å². The molecule has 1 amide bonds. The van der Waals surface area contributed by atoms with E-state index in [1.165, 1.54) is 0 Å². The van der Waals surface area contributed by atoms with Gasteiger partial charge in [-0.05, 0) is 48.9 Å². The summed E-state index contributed by atoms with van der Waals surface area (Å²) in [6.07, 6.45) is 4.71. The third-order valence-electron chi connectivity index (χ3n) is 4.71. The van der Waals surface area contributed by atoms with E-state index in [4.69, 9.17) is 4.74 Å². The summed E-state index contributed by atoms with van der Waals surface area (Å²) >= 11 is 0. The molecule has 1 N–H and O–H groups in total. The van der Waals surface area contributed by atoms with Crippen LogP contribution in [0.5, 0.6) is 0 Å². The Bertz CT molecular complexity index is 718. The molecule has 2 heterocycles. The number of nitrogens with one attached hydrogen (secondary N) is 1. The lowest BCUT2D eigenvalue weighted by atomic mass is 9.94. The lowest BCUT2D eigenvalue weighted by molar-refractivity contribution is 0.0677. The largest absolute Gasteiger partial charge is 0.445 e. The van der Waals surface area contributed by atoms with E-state index >= 15 is 0 Å². The van der Waals surface area contributed by atoms with Crippen LogP contribution in [0.3, 0.4) is 0 Å². The number of piperidine rings is 1. The van der Waals surface area contributed by atoms with E-state index in [-0.39, 0.29) is 12.1 Å². The van der Waals surface area contributed by atoms with Crippen molar-refractivity contribution >= 4 is 11.9 Å². The second-order valence-electron chi connectivity index (χ2n) is 6.42. The number of aryl methyl sites for hydroxylation is 1. The number of likely N-dealkylation sites (tertiary alicyclic amines) is 1. The van der Waals surface area contributed by atoms with E-state index in [1.54, 1.807) is 0 Å². The number of anilines is 1. The highest BCUT2D eigenvalue weighted by Crippen LogP contribution is 2.33. The zero-order chi connectivity index (χ0) is 17.6. The summed E-state index contributed by atoms with van der Waals surface area (Å²) in [5.41, 5.74) is 3.25. The van der Waals surface area contributed by atoms with Crippen LogP contribution in [0.15, 0.2) is 42.6 Å². The van der Waals surface area contributed by atoms with Crippen LogP contribution >= 0.6 is 0 Å². The predicted molar refractivity (Wildman–Crippen MR) is 98.4 cm³/mol. The predicted octanol–water partition coefficient (Wildman–Crippen LogP) is 4.30. The van der Waals surface area contributed by atoms with Gasteiger partial charge < -0.3 is 15.0 Å². The molecule has 0 unspecified atom stereocenters. The molecule has 0 spiro atoms. The van der Waals surface area contributed by atoms with Crippen molar-refractivity contribution in [3.63, 3.8) is 0 Å². The van der Waals surface area contributed by atoms with E-state index in [0.29, 0.717) is 6.61 Å². The standard InChI is InChI=1S/C20H25N3O2/c1-15-12-19(21-2)22-13-17(15)18-10-6-7-11-23(18)20(24)25-14-16-8-4-3-5-9-16/h3-5,8-9,12-13,18H,6-7,10-11,14H2,1-2H3,(H,21,22)/t18-/m0/s1. The van der Waals surface area contributed by atoms with Crippen molar-refractivity contribution in [1.82, 2.24) is 9.88 Å². The maximum atomic E-state index is 12.7. The Kier molecular flexibility index (Phi) is 5.53. The normalized spacial score (nSPS) is 17.2. The van der Waals surface area contributed by atoms with Crippen LogP contribution in [0.2, 0.25) is 0 Å². The van der Waals surface area contributed by atoms with Crippen LogP contribution in [-0.2, 0) is 11.3 Å². The van der Waals surface area contributed by atoms with Gasteiger partial charge in [-0.25, -0.2) is 9.78 Å². The molecular formula is C20H25N3O2. The number of benzene rings is 1. The molecule has 0 radical (unpaired) electrons. The highest BCUT2D eigenvalue weighted by molar-refractivity contribution is 5.68. The Morgan fingerprint density at radius 1 is 1.32 bits per heavy atom. The zero-order valence-electron chi connectivity index (χ0n) is 14.9. The molecule has 1 aromatic carbocycles. The Morgan fingerprint density at radius 3 is 2.84 bits per heavy atom. The van der Waals surface area contributed by atoms with Gasteiger partial charge in [-0.2, -0.15) is 0 Å². The Morgan fingerprint density at radius 2 is 2.12 bits per heavy atom. The Labute approximate surface area is 149 Å². The minimum absolute atomic E-state index is 0.0374. The summed E-state index contributed by atoms with van der Waals surface area (Å²) < 4.78 is 5.56. The molecule has 1 aliphatic rings. The number of carbonyl (C=O) groups is 1. The molecule has 0 bridgehead atoms. The highest BCUT2D eigenvalue weighted by atomic mass is 16.6. The van der Waals surface area contributed by atoms with Crippen molar-refractivity contribution in [1.29, 1.82) is 0 Å². The first kappa shape index (κ1) is 17.3. The number of hydrogen-bond acceptors (Lipinski definition) is 4. The van der Waals surface area contributed by atoms with Gasteiger partial charge in [0.15, 0.2) is 0 Å². The minimum atomic E-state index is -0.245. The minimum Gasteiger partial charge on any atom is -0.445 e. The molecule has 1 saturated heterocycles. The topological polar surface area (TPSA) is 54.5 Å². The van der Waals surface area contributed by atoms with Crippen molar-refractivity contribution in [2.75, 3.05) is 18.9 Å². The monoisotopic (exact) mass is 339 g/mol. The van der Waals surface area contributed by atoms with Gasteiger partial charge in [-0.15, -0.1) is 0 Å². The summed E-state index contributed by atoms with van der Waals surface area (Å²) in [6, 6.07) is 11.8. The lowest BCUT2D eigenvalue weighted by Crippen LogP contribution is -2.39. The second-order valence-corrected chi connectivity index (χ2v) is 6.42. The molecule has 5 heteroatoms. The number of nitrogens with zero attached hydrogens (tertiary/aromatic N) is 2. The average Bonchev–Trinajstić information content (AvgIpc) is 2.67. The van der Waals surface area contributed by atoms with Gasteiger partial charge in [0, 0.05) is 19.8 Å². The lowest BCUT2D eigenvalue weighted by Gasteiger charge is -2.35. The number of rotatable bonds is 4. The van der Waals surface area contributed by atoms with E-state index in [0.717, 1.165) is 48.3 Å². The molecule has 3 rings (SSSR count). The molecular weight excluding hydrogens is 314 g/mol. The van der Waals surface area contributed by atoms with E-state index in [2.05, 4.69) is 17.2 Å². The fraction of sp³-hybridized carbons (Fsp3) is 0.400. The molecule has 132 valence electrons. The van der Waals surface area contributed by atoms with Crippen molar-refractivity contribution in [3.8, 4) is 0 Å². The van der Waals surface area contributed by atoms with Gasteiger partial charge in [0.1, 0.15) is 12.4 Å². The number of pyridine rings is 1. The molecule has 1 aliphatic heterocycles. The first-order chi connectivity index (χ1) is 12.2. The molecule has 0 saturated carbocycles. The van der Waals surface area contributed by atoms with Crippen LogP contribution in [-0.4, -0.2) is 29.6 Å². The Hall–Kier alpha value is -2.56. The summed E-state index contributed by atoms with van der Waals surface area (Å²) in [5, 5.41) is 3.05. The van der Waals surface area contributed by atoms with Gasteiger partial charge in [0.2, 0.25) is 0 Å². The third kappa shape index (κ3) is 4.10. The van der Waals surface area contributed by atoms with Crippen molar-refractivity contribution in [3.05, 3.63) is 59.3 Å². The van der Waals surface area contributed by atoms with Crippen molar-refractivity contribution in [2.24, 2.45) is 0 Å². The second kappa shape index (κ2) is 8.01. The highest BCUT2D eigenvalue weighted by Gasteiger charge is 2.30. The van der Waals surface area contributed by atoms with Crippen LogP contribution in [0.4, 0.5) is 10.6 Å². The average molecular weight is 339 g/mol. The third-order valence-corrected chi connectivity index (χ3v) is 4.71. The number of amides is 1. The molecule has 25 heavy (non-hydrogen) atoms. The summed E-state index contributed by atoms with van der Waals surface area (Å²) in [4.78, 5) is 18.9. The fourth-order valence-corrected chi connectivity index (χ4v) is 3.33. The van der Waals surface area contributed by atoms with Crippen LogP contribution in [0, 0.1) is 6.92 Å². The van der Waals surface area contributed by atoms with Gasteiger partial charge in [0.25, 0.3) is 0 Å². The quantitative estimate of drug-likeness (QED) is 0.902. The molecule has 2 aromatic rings. The van der Waals surface area contributed by atoms with Crippen LogP contribution < -0.4 is 5.32 Å². The van der Waals surface area contributed by atoms with Gasteiger partial charge in [0.05, 0.1) is 6.04 Å². The molecule has 0 aliphatic carbocycles. The SMILES string of the molecule is CNc1cc(C)c([C@@H]2CCCCN2C(=O)OCc2ccccc2)cn1. The first-order valence-electron chi connectivity index (χ1n) is 8.80. The maximum Gasteiger partial charge on any atom is 0.410 e. The molecule has 1 aromatic heterocycles. The summed E-state index contributed by atoms with van der Waals surface area (Å²) in [7, 11) is 1.86. The number of carbonyl (C=O) groups excluding carboxylic acids is 1. The fourth-order valence-electron chi connectivity index (χ4n) is 3.33. The molecule has 1 fully saturated rings. The van der Waals surface area contributed by atoms with Gasteiger partial charge >= 0.3 is 6.09 Å². The van der Waals surface area contributed by atoms with E-state index in [9.17, 15) is 4.79 Å². The van der Waals surface area contributed by atoms with Crippen LogP contribution in [0.1, 0.15) is 42.0 Å². The summed E-state index contributed by atoms with van der Waals surface area (Å²) in [6.45, 7) is 3.10. The zero-order valence-corrected chi connectivity index (χ0v) is 14.9. The van der Waals surface area contributed by atoms with Crippen molar-refractivity contribution < 1.29 is 9.53 Å².